The van der Waals surface area contributed by atoms with Gasteiger partial charge in [0, 0.05) is 0 Å². The second kappa shape index (κ2) is 6.73. The lowest BCUT2D eigenvalue weighted by atomic mass is 10.3. The first-order valence-corrected chi connectivity index (χ1v) is 5.60. The Morgan fingerprint density at radius 3 is 2.44 bits per heavy atom. The SMILES string of the molecule is CCCCCO[I+2]([O-])[O-]. The molecule has 0 aromatic rings. The zero-order chi connectivity index (χ0) is 7.11. The molecule has 0 aromatic carbocycles. The molecule has 0 fully saturated rings. The summed E-state index contributed by atoms with van der Waals surface area (Å²) in [6.45, 7) is 2.44. The highest BCUT2D eigenvalue weighted by atomic mass is 127. The molecule has 4 heteroatoms. The lowest BCUT2D eigenvalue weighted by molar-refractivity contribution is -1.63. The van der Waals surface area contributed by atoms with Crippen molar-refractivity contribution in [3.63, 3.8) is 0 Å². The Labute approximate surface area is 64.1 Å². The zero-order valence-corrected chi connectivity index (χ0v) is 7.59. The number of unbranched alkanes of at least 4 members (excludes halogenated alkanes) is 2. The Kier molecular flexibility index (Phi) is 7.18. The minimum atomic E-state index is -3.36. The van der Waals surface area contributed by atoms with Gasteiger partial charge in [0.15, 0.2) is 0 Å². The summed E-state index contributed by atoms with van der Waals surface area (Å²) in [5.74, 6) is 0. The first kappa shape index (κ1) is 9.61. The number of hydrogen-bond donors (Lipinski definition) is 0. The molecule has 0 heterocycles. The van der Waals surface area contributed by atoms with Crippen LogP contribution in [0.1, 0.15) is 26.2 Å². The topological polar surface area (TPSA) is 55.3 Å². The fourth-order valence-corrected chi connectivity index (χ4v) is 1.14. The van der Waals surface area contributed by atoms with Crippen LogP contribution in [0.5, 0.6) is 0 Å². The van der Waals surface area contributed by atoms with Crippen molar-refractivity contribution in [3.05, 3.63) is 0 Å². The molecular formula is C5H11IO3. The van der Waals surface area contributed by atoms with E-state index in [9.17, 15) is 6.87 Å². The van der Waals surface area contributed by atoms with E-state index in [1.54, 1.807) is 0 Å². The highest BCUT2D eigenvalue weighted by molar-refractivity contribution is 4.31. The average Bonchev–Trinajstić information content (AvgIpc) is 1.80. The third-order valence-electron chi connectivity index (χ3n) is 0.914. The van der Waals surface area contributed by atoms with Gasteiger partial charge in [0.1, 0.15) is 6.61 Å². The van der Waals surface area contributed by atoms with Crippen molar-refractivity contribution in [1.29, 1.82) is 0 Å². The predicted octanol–water partition coefficient (Wildman–Crippen LogP) is -3.72. The van der Waals surface area contributed by atoms with Gasteiger partial charge in [-0.25, -0.2) is 0 Å². The van der Waals surface area contributed by atoms with E-state index in [4.69, 9.17) is 0 Å². The lowest BCUT2D eigenvalue weighted by Gasteiger charge is -1.91. The maximum Gasteiger partial charge on any atom is 0.506 e. The summed E-state index contributed by atoms with van der Waals surface area (Å²) in [4.78, 5) is 0. The Hall–Kier alpha value is 0.610. The summed E-state index contributed by atoms with van der Waals surface area (Å²) < 4.78 is 24.1. The molecule has 0 spiro atoms. The molecule has 0 saturated carbocycles. The zero-order valence-electron chi connectivity index (χ0n) is 5.43. The first-order chi connectivity index (χ1) is 4.27. The van der Waals surface area contributed by atoms with Crippen molar-refractivity contribution in [2.75, 3.05) is 6.61 Å². The van der Waals surface area contributed by atoms with E-state index in [1.807, 2.05) is 0 Å². The van der Waals surface area contributed by atoms with Crippen LogP contribution < -0.4 is 27.9 Å². The monoisotopic (exact) mass is 246 g/mol. The van der Waals surface area contributed by atoms with Crippen molar-refractivity contribution in [2.45, 2.75) is 26.2 Å². The van der Waals surface area contributed by atoms with E-state index < -0.39 is 21.1 Å². The van der Waals surface area contributed by atoms with Crippen molar-refractivity contribution >= 4 is 0 Å². The van der Waals surface area contributed by atoms with Gasteiger partial charge < -0.3 is 6.87 Å². The van der Waals surface area contributed by atoms with Crippen LogP contribution in [-0.2, 0) is 3.07 Å². The van der Waals surface area contributed by atoms with E-state index in [-0.39, 0.29) is 0 Å². The van der Waals surface area contributed by atoms with Crippen LogP contribution in [0.15, 0.2) is 0 Å². The summed E-state index contributed by atoms with van der Waals surface area (Å²) in [7, 11) is 0. The standard InChI is InChI=1S/C5H11IO3/c1-2-3-4-5-9-6(7)8/h2-5H2,1H3. The molecule has 56 valence electrons. The summed E-state index contributed by atoms with van der Waals surface area (Å²) in [5.41, 5.74) is 0. The second-order valence-electron chi connectivity index (χ2n) is 1.71. The summed E-state index contributed by atoms with van der Waals surface area (Å²) in [6.07, 6.45) is 2.99. The molecule has 0 aromatic heterocycles. The smallest absolute Gasteiger partial charge is 0.396 e. The normalized spacial score (nSPS) is 10.7. The Morgan fingerprint density at radius 1 is 1.33 bits per heavy atom. The van der Waals surface area contributed by atoms with Gasteiger partial charge >= 0.3 is 21.1 Å². The van der Waals surface area contributed by atoms with Crippen LogP contribution >= 0.6 is 0 Å². The van der Waals surface area contributed by atoms with Crippen molar-refractivity contribution in [2.24, 2.45) is 0 Å². The van der Waals surface area contributed by atoms with E-state index >= 15 is 0 Å². The van der Waals surface area contributed by atoms with Gasteiger partial charge in [0.05, 0.1) is 0 Å². The number of halogens is 1. The lowest BCUT2D eigenvalue weighted by Crippen LogP contribution is -3.99. The minimum absolute atomic E-state index is 0.381. The molecule has 9 heavy (non-hydrogen) atoms. The maximum absolute atomic E-state index is 9.87. The molecule has 0 bridgehead atoms. The molecule has 0 amide bonds. The predicted molar refractivity (Wildman–Crippen MR) is 25.5 cm³/mol. The van der Waals surface area contributed by atoms with Gasteiger partial charge in [-0.3, -0.25) is 0 Å². The van der Waals surface area contributed by atoms with E-state index in [2.05, 4.69) is 9.99 Å². The van der Waals surface area contributed by atoms with Crippen LogP contribution in [0.3, 0.4) is 0 Å². The van der Waals surface area contributed by atoms with Crippen LogP contribution in [0.4, 0.5) is 0 Å². The molecule has 3 nitrogen and oxygen atoms in total. The molecule has 0 radical (unpaired) electrons. The third-order valence-corrected chi connectivity index (χ3v) is 1.86. The summed E-state index contributed by atoms with van der Waals surface area (Å²) in [6, 6.07) is 0. The molecule has 0 aliphatic rings. The van der Waals surface area contributed by atoms with Gasteiger partial charge in [-0.2, -0.15) is 0 Å². The second-order valence-corrected chi connectivity index (χ2v) is 3.41. The van der Waals surface area contributed by atoms with Crippen LogP contribution in [0.2, 0.25) is 0 Å². The Balaban J connectivity index is 2.75. The number of hydrogen-bond acceptors (Lipinski definition) is 3. The minimum Gasteiger partial charge on any atom is -0.396 e. The molecule has 0 saturated heterocycles. The molecule has 0 atom stereocenters. The number of rotatable bonds is 5. The summed E-state index contributed by atoms with van der Waals surface area (Å²) in [5, 5.41) is 0. The third kappa shape index (κ3) is 8.61. The molecule has 0 rings (SSSR count). The van der Waals surface area contributed by atoms with Gasteiger partial charge in [0.25, 0.3) is 0 Å². The Bertz CT molecular complexity index is 58.2. The van der Waals surface area contributed by atoms with E-state index in [0.717, 1.165) is 19.3 Å². The van der Waals surface area contributed by atoms with E-state index in [1.165, 1.54) is 0 Å². The van der Waals surface area contributed by atoms with Crippen LogP contribution in [-0.4, -0.2) is 6.61 Å². The maximum atomic E-state index is 9.87. The fourth-order valence-electron chi connectivity index (χ4n) is 0.470. The van der Waals surface area contributed by atoms with Gasteiger partial charge in [0.2, 0.25) is 0 Å². The van der Waals surface area contributed by atoms with Crippen molar-refractivity contribution < 1.29 is 31.0 Å². The average molecular weight is 246 g/mol. The molecule has 0 aliphatic carbocycles. The van der Waals surface area contributed by atoms with Crippen molar-refractivity contribution in [1.82, 2.24) is 0 Å². The molecule has 0 unspecified atom stereocenters. The van der Waals surface area contributed by atoms with Crippen molar-refractivity contribution in [3.8, 4) is 0 Å². The highest BCUT2D eigenvalue weighted by Crippen LogP contribution is 1.90. The quantitative estimate of drug-likeness (QED) is 0.370. The fraction of sp³-hybridized carbons (Fsp3) is 1.00. The largest absolute Gasteiger partial charge is 0.506 e. The molecule has 0 N–H and O–H groups in total. The highest BCUT2D eigenvalue weighted by Gasteiger charge is 2.08. The van der Waals surface area contributed by atoms with Gasteiger partial charge in [-0.05, 0) is 9.49 Å². The van der Waals surface area contributed by atoms with E-state index in [0.29, 0.717) is 6.61 Å². The summed E-state index contributed by atoms with van der Waals surface area (Å²) >= 11 is -3.36. The molecule has 0 aliphatic heterocycles. The van der Waals surface area contributed by atoms with Gasteiger partial charge in [-0.1, -0.05) is 19.8 Å². The first-order valence-electron chi connectivity index (χ1n) is 2.96. The van der Waals surface area contributed by atoms with Crippen LogP contribution in [0, 0.1) is 0 Å². The van der Waals surface area contributed by atoms with Crippen LogP contribution in [0.25, 0.3) is 0 Å². The molecular weight excluding hydrogens is 235 g/mol. The Morgan fingerprint density at radius 2 is 2.00 bits per heavy atom. The van der Waals surface area contributed by atoms with Gasteiger partial charge in [-0.15, -0.1) is 0 Å².